The van der Waals surface area contributed by atoms with Crippen LogP contribution in [0.5, 0.6) is 0 Å². The van der Waals surface area contributed by atoms with Gasteiger partial charge in [0.1, 0.15) is 6.04 Å². The van der Waals surface area contributed by atoms with Crippen LogP contribution in [0.2, 0.25) is 0 Å². The van der Waals surface area contributed by atoms with Crippen LogP contribution in [-0.4, -0.2) is 34.1 Å². The van der Waals surface area contributed by atoms with Gasteiger partial charge in [0.05, 0.1) is 0 Å². The van der Waals surface area contributed by atoms with Crippen LogP contribution in [0, 0.1) is 6.92 Å². The highest BCUT2D eigenvalue weighted by molar-refractivity contribution is 5.92. The predicted molar refractivity (Wildman–Crippen MR) is 96.2 cm³/mol. The molecule has 1 aromatic carbocycles. The number of nitrogens with one attached hydrogen (secondary N) is 1. The molecular formula is C19H27N3O2. The van der Waals surface area contributed by atoms with Crippen molar-refractivity contribution in [2.24, 2.45) is 0 Å². The highest BCUT2D eigenvalue weighted by atomic mass is 16.4. The van der Waals surface area contributed by atoms with Crippen LogP contribution in [0.1, 0.15) is 48.7 Å². The molecule has 5 nitrogen and oxygen atoms in total. The zero-order chi connectivity index (χ0) is 17.4. The fourth-order valence-electron chi connectivity index (χ4n) is 3.96. The molecule has 0 saturated carbocycles. The van der Waals surface area contributed by atoms with Crippen molar-refractivity contribution >= 4 is 16.9 Å². The first-order chi connectivity index (χ1) is 11.5. The van der Waals surface area contributed by atoms with E-state index in [1.807, 2.05) is 6.92 Å². The lowest BCUT2D eigenvalue weighted by atomic mass is 10.00. The maximum Gasteiger partial charge on any atom is 0.325 e. The van der Waals surface area contributed by atoms with E-state index < -0.39 is 12.0 Å². The Balaban J connectivity index is 2.26. The third-order valence-corrected chi connectivity index (χ3v) is 4.97. The van der Waals surface area contributed by atoms with Gasteiger partial charge in [0, 0.05) is 41.8 Å². The second kappa shape index (κ2) is 6.57. The number of nitrogens with zero attached hydrogens (tertiary/aromatic N) is 2. The van der Waals surface area contributed by atoms with Gasteiger partial charge in [-0.2, -0.15) is 0 Å². The molecule has 0 radical (unpaired) electrons. The molecule has 2 aromatic rings. The van der Waals surface area contributed by atoms with E-state index in [0.29, 0.717) is 6.54 Å². The lowest BCUT2D eigenvalue weighted by Crippen LogP contribution is -2.28. The minimum Gasteiger partial charge on any atom is -0.480 e. The molecule has 3 rings (SSSR count). The number of carbonyl (C=O) groups is 1. The number of hydrogen-bond acceptors (Lipinski definition) is 3. The molecule has 0 saturated heterocycles. The summed E-state index contributed by atoms with van der Waals surface area (Å²) in [6, 6.07) is 3.83. The number of aryl methyl sites for hydroxylation is 1. The van der Waals surface area contributed by atoms with Crippen molar-refractivity contribution in [1.29, 1.82) is 0 Å². The summed E-state index contributed by atoms with van der Waals surface area (Å²) < 4.78 is 2.29. The van der Waals surface area contributed by atoms with Crippen molar-refractivity contribution in [3.63, 3.8) is 0 Å². The summed E-state index contributed by atoms with van der Waals surface area (Å²) in [5, 5.41) is 14.0. The summed E-state index contributed by atoms with van der Waals surface area (Å²) >= 11 is 0. The van der Waals surface area contributed by atoms with Crippen molar-refractivity contribution in [2.75, 3.05) is 13.6 Å². The van der Waals surface area contributed by atoms with E-state index >= 15 is 0 Å². The maximum atomic E-state index is 11.9. The monoisotopic (exact) mass is 329 g/mol. The van der Waals surface area contributed by atoms with Crippen molar-refractivity contribution < 1.29 is 9.90 Å². The van der Waals surface area contributed by atoms with Crippen molar-refractivity contribution in [1.82, 2.24) is 14.8 Å². The second-order valence-electron chi connectivity index (χ2n) is 6.79. The molecule has 1 aliphatic heterocycles. The highest BCUT2D eigenvalue weighted by Crippen LogP contribution is 2.35. The van der Waals surface area contributed by atoms with Crippen LogP contribution in [0.3, 0.4) is 0 Å². The zero-order valence-electron chi connectivity index (χ0n) is 15.0. The van der Waals surface area contributed by atoms with E-state index in [9.17, 15) is 9.90 Å². The van der Waals surface area contributed by atoms with Crippen LogP contribution in [-0.2, 0) is 24.4 Å². The summed E-state index contributed by atoms with van der Waals surface area (Å²) in [5.74, 6) is -0.812. The number of aromatic nitrogens is 1. The van der Waals surface area contributed by atoms with Gasteiger partial charge in [0.15, 0.2) is 0 Å². The smallest absolute Gasteiger partial charge is 0.325 e. The van der Waals surface area contributed by atoms with Gasteiger partial charge in [-0.1, -0.05) is 13.8 Å². The quantitative estimate of drug-likeness (QED) is 0.855. The lowest BCUT2D eigenvalue weighted by Gasteiger charge is -2.15. The number of carboxylic acid groups (broad SMARTS) is 1. The molecule has 2 N–H and O–H groups in total. The molecular weight excluding hydrogens is 302 g/mol. The summed E-state index contributed by atoms with van der Waals surface area (Å²) in [4.78, 5) is 14.1. The van der Waals surface area contributed by atoms with E-state index in [4.69, 9.17) is 0 Å². The molecule has 1 atom stereocenters. The molecule has 5 heteroatoms. The number of likely N-dealkylation sites (N-methyl/N-ethyl adjacent to an activating group) is 1. The Morgan fingerprint density at radius 3 is 2.54 bits per heavy atom. The van der Waals surface area contributed by atoms with Gasteiger partial charge in [0.25, 0.3) is 0 Å². The first-order valence-electron chi connectivity index (χ1n) is 8.77. The van der Waals surface area contributed by atoms with Crippen LogP contribution >= 0.6 is 0 Å². The van der Waals surface area contributed by atoms with Crippen LogP contribution in [0.15, 0.2) is 12.1 Å². The van der Waals surface area contributed by atoms with E-state index in [0.717, 1.165) is 42.7 Å². The average molecular weight is 329 g/mol. The Labute approximate surface area is 143 Å². The van der Waals surface area contributed by atoms with Gasteiger partial charge in [-0.3, -0.25) is 9.69 Å². The van der Waals surface area contributed by atoms with Crippen molar-refractivity contribution in [3.8, 4) is 0 Å². The molecule has 24 heavy (non-hydrogen) atoms. The summed E-state index contributed by atoms with van der Waals surface area (Å²) in [7, 11) is 2.12. The largest absolute Gasteiger partial charge is 0.480 e. The van der Waals surface area contributed by atoms with E-state index in [1.54, 1.807) is 0 Å². The Kier molecular flexibility index (Phi) is 4.65. The Hall–Kier alpha value is -1.85. The first-order valence-corrected chi connectivity index (χ1v) is 8.77. The number of aliphatic carboxylic acids is 1. The van der Waals surface area contributed by atoms with Crippen LogP contribution in [0.4, 0.5) is 0 Å². The predicted octanol–water partition coefficient (Wildman–Crippen LogP) is 3.04. The standard InChI is InChI=1S/C19H27N3O2/c1-5-7-22-12(3)17(18(19(23)24)20-6-2)15-8-13-10-21(4)11-14(13)9-16(15)22/h8-9,18,20H,5-7,10-11H2,1-4H3,(H,23,24). The maximum absolute atomic E-state index is 11.9. The molecule has 1 aromatic heterocycles. The molecule has 130 valence electrons. The Bertz CT molecular complexity index is 779. The fourth-order valence-corrected chi connectivity index (χ4v) is 3.96. The molecule has 0 amide bonds. The molecule has 1 unspecified atom stereocenters. The molecule has 1 aliphatic rings. The number of rotatable bonds is 6. The summed E-state index contributed by atoms with van der Waals surface area (Å²) in [6.45, 7) is 9.60. The topological polar surface area (TPSA) is 57.5 Å². The second-order valence-corrected chi connectivity index (χ2v) is 6.79. The Morgan fingerprint density at radius 2 is 1.96 bits per heavy atom. The van der Waals surface area contributed by atoms with Gasteiger partial charge >= 0.3 is 5.97 Å². The van der Waals surface area contributed by atoms with E-state index in [1.165, 1.54) is 16.6 Å². The number of carboxylic acids is 1. The van der Waals surface area contributed by atoms with Gasteiger partial charge in [0.2, 0.25) is 0 Å². The fraction of sp³-hybridized carbons (Fsp3) is 0.526. The molecule has 0 fully saturated rings. The Morgan fingerprint density at radius 1 is 1.29 bits per heavy atom. The number of benzene rings is 1. The average Bonchev–Trinajstić information content (AvgIpc) is 3.00. The van der Waals surface area contributed by atoms with Crippen LogP contribution in [0.25, 0.3) is 10.9 Å². The third kappa shape index (κ3) is 2.72. The summed E-state index contributed by atoms with van der Waals surface area (Å²) in [6.07, 6.45) is 1.03. The summed E-state index contributed by atoms with van der Waals surface area (Å²) in [5.41, 5.74) is 5.84. The lowest BCUT2D eigenvalue weighted by molar-refractivity contribution is -0.139. The highest BCUT2D eigenvalue weighted by Gasteiger charge is 2.28. The number of hydrogen-bond donors (Lipinski definition) is 2. The minimum absolute atomic E-state index is 0.630. The molecule has 0 spiro atoms. The molecule has 0 aliphatic carbocycles. The third-order valence-electron chi connectivity index (χ3n) is 4.97. The zero-order valence-corrected chi connectivity index (χ0v) is 15.0. The first kappa shape index (κ1) is 17.0. The van der Waals surface area contributed by atoms with Crippen molar-refractivity contribution in [3.05, 3.63) is 34.5 Å². The molecule has 2 heterocycles. The van der Waals surface area contributed by atoms with E-state index in [-0.39, 0.29) is 0 Å². The van der Waals surface area contributed by atoms with Gasteiger partial charge in [-0.15, -0.1) is 0 Å². The normalized spacial score (nSPS) is 15.8. The van der Waals surface area contributed by atoms with Crippen LogP contribution < -0.4 is 5.32 Å². The van der Waals surface area contributed by atoms with Gasteiger partial charge in [-0.25, -0.2) is 0 Å². The number of fused-ring (bicyclic) bond motifs is 2. The minimum atomic E-state index is -0.812. The molecule has 0 bridgehead atoms. The van der Waals surface area contributed by atoms with Crippen molar-refractivity contribution in [2.45, 2.75) is 52.9 Å². The SMILES string of the molecule is CCCn1c(C)c(C(NCC)C(=O)O)c2cc3c(cc21)CN(C)C3. The van der Waals surface area contributed by atoms with E-state index in [2.05, 4.69) is 47.8 Å². The van der Waals surface area contributed by atoms with Gasteiger partial charge < -0.3 is 15.0 Å². The van der Waals surface area contributed by atoms with Gasteiger partial charge in [-0.05, 0) is 50.2 Å².